The summed E-state index contributed by atoms with van der Waals surface area (Å²) in [6, 6.07) is 16.0. The van der Waals surface area contributed by atoms with Gasteiger partial charge in [0, 0.05) is 24.6 Å². The fourth-order valence-corrected chi connectivity index (χ4v) is 2.63. The Morgan fingerprint density at radius 3 is 2.64 bits per heavy atom. The van der Waals surface area contributed by atoms with Crippen molar-refractivity contribution in [2.24, 2.45) is 0 Å². The summed E-state index contributed by atoms with van der Waals surface area (Å²) in [6.07, 6.45) is 6.30. The van der Waals surface area contributed by atoms with Crippen molar-refractivity contribution < 1.29 is 4.79 Å². The molecule has 0 unspecified atom stereocenters. The van der Waals surface area contributed by atoms with Crippen LogP contribution in [0.1, 0.15) is 16.1 Å². The minimum atomic E-state index is -0.238. The molecular formula is C19H15N5O. The third-order valence-electron chi connectivity index (χ3n) is 3.92. The predicted molar refractivity (Wildman–Crippen MR) is 94.3 cm³/mol. The number of aromatic nitrogens is 4. The molecule has 0 spiro atoms. The number of carbonyl (C=O) groups excluding carboxylic acids is 1. The average molecular weight is 329 g/mol. The van der Waals surface area contributed by atoms with Gasteiger partial charge in [-0.15, -0.1) is 0 Å². The molecule has 0 radical (unpaired) electrons. The lowest BCUT2D eigenvalue weighted by Gasteiger charge is -2.07. The van der Waals surface area contributed by atoms with Gasteiger partial charge in [0.25, 0.3) is 5.91 Å². The Kier molecular flexibility index (Phi) is 3.92. The maximum Gasteiger partial charge on any atom is 0.271 e. The van der Waals surface area contributed by atoms with E-state index in [0.29, 0.717) is 12.2 Å². The molecule has 6 heteroatoms. The predicted octanol–water partition coefficient (Wildman–Crippen LogP) is 2.75. The van der Waals surface area contributed by atoms with Gasteiger partial charge in [-0.3, -0.25) is 14.3 Å². The van der Waals surface area contributed by atoms with Gasteiger partial charge in [-0.2, -0.15) is 0 Å². The molecule has 122 valence electrons. The molecule has 0 saturated heterocycles. The van der Waals surface area contributed by atoms with E-state index < -0.39 is 0 Å². The van der Waals surface area contributed by atoms with Crippen molar-refractivity contribution in [3.05, 3.63) is 84.7 Å². The highest BCUT2D eigenvalue weighted by atomic mass is 16.1. The van der Waals surface area contributed by atoms with Gasteiger partial charge in [0.1, 0.15) is 12.0 Å². The van der Waals surface area contributed by atoms with Crippen molar-refractivity contribution in [1.29, 1.82) is 0 Å². The zero-order chi connectivity index (χ0) is 17.1. The van der Waals surface area contributed by atoms with Crippen LogP contribution in [-0.4, -0.2) is 25.4 Å². The fraction of sp³-hybridized carbons (Fsp3) is 0.0526. The first-order valence-corrected chi connectivity index (χ1v) is 7.87. The van der Waals surface area contributed by atoms with E-state index in [0.717, 1.165) is 22.3 Å². The minimum absolute atomic E-state index is 0.238. The van der Waals surface area contributed by atoms with E-state index in [4.69, 9.17) is 0 Å². The van der Waals surface area contributed by atoms with Crippen molar-refractivity contribution in [3.8, 4) is 5.69 Å². The Labute approximate surface area is 144 Å². The van der Waals surface area contributed by atoms with Gasteiger partial charge < -0.3 is 5.32 Å². The molecule has 6 nitrogen and oxygen atoms in total. The number of amides is 1. The summed E-state index contributed by atoms with van der Waals surface area (Å²) in [7, 11) is 0. The topological polar surface area (TPSA) is 72.7 Å². The van der Waals surface area contributed by atoms with Gasteiger partial charge in [0.2, 0.25) is 0 Å². The summed E-state index contributed by atoms with van der Waals surface area (Å²) in [5.41, 5.74) is 4.36. The molecule has 2 heterocycles. The van der Waals surface area contributed by atoms with Gasteiger partial charge in [0.15, 0.2) is 0 Å². The summed E-state index contributed by atoms with van der Waals surface area (Å²) in [5, 5.41) is 2.84. The molecule has 0 aliphatic rings. The van der Waals surface area contributed by atoms with Gasteiger partial charge in [-0.25, -0.2) is 9.97 Å². The molecule has 4 rings (SSSR count). The zero-order valence-corrected chi connectivity index (χ0v) is 13.3. The Hall–Kier alpha value is -3.54. The van der Waals surface area contributed by atoms with Crippen LogP contribution < -0.4 is 5.32 Å². The van der Waals surface area contributed by atoms with Crippen molar-refractivity contribution in [2.45, 2.75) is 6.54 Å². The van der Waals surface area contributed by atoms with Crippen molar-refractivity contribution in [2.75, 3.05) is 0 Å². The number of carbonyl (C=O) groups is 1. The zero-order valence-electron chi connectivity index (χ0n) is 13.3. The maximum atomic E-state index is 12.0. The lowest BCUT2D eigenvalue weighted by molar-refractivity contribution is 0.0945. The standard InChI is InChI=1S/C19H15N5O/c25-19(17-12-20-9-10-21-17)22-11-14-5-7-15(8-6-14)24-13-23-16-3-1-2-4-18(16)24/h1-10,12-13H,11H2,(H,22,25). The van der Waals surface area contributed by atoms with Crippen LogP contribution in [-0.2, 0) is 6.54 Å². The largest absolute Gasteiger partial charge is 0.347 e. The Morgan fingerprint density at radius 2 is 1.84 bits per heavy atom. The molecular weight excluding hydrogens is 314 g/mol. The van der Waals surface area contributed by atoms with Gasteiger partial charge in [-0.05, 0) is 29.8 Å². The number of hydrogen-bond acceptors (Lipinski definition) is 4. The molecule has 0 aliphatic carbocycles. The molecule has 0 fully saturated rings. The van der Waals surface area contributed by atoms with Gasteiger partial charge in [-0.1, -0.05) is 24.3 Å². The SMILES string of the molecule is O=C(NCc1ccc(-n2cnc3ccccc32)cc1)c1cnccn1. The molecule has 1 amide bonds. The Morgan fingerprint density at radius 1 is 1.00 bits per heavy atom. The number of fused-ring (bicyclic) bond motifs is 1. The van der Waals surface area contributed by atoms with E-state index in [1.807, 2.05) is 59.4 Å². The summed E-state index contributed by atoms with van der Waals surface area (Å²) in [4.78, 5) is 24.3. The van der Waals surface area contributed by atoms with Crippen molar-refractivity contribution >= 4 is 16.9 Å². The molecule has 0 bridgehead atoms. The number of rotatable bonds is 4. The molecule has 1 N–H and O–H groups in total. The van der Waals surface area contributed by atoms with Crippen LogP contribution in [0.2, 0.25) is 0 Å². The number of benzene rings is 2. The minimum Gasteiger partial charge on any atom is -0.347 e. The fourth-order valence-electron chi connectivity index (χ4n) is 2.63. The summed E-state index contributed by atoms with van der Waals surface area (Å²) in [6.45, 7) is 0.431. The first-order valence-electron chi connectivity index (χ1n) is 7.87. The average Bonchev–Trinajstić information content (AvgIpc) is 3.11. The quantitative estimate of drug-likeness (QED) is 0.625. The van der Waals surface area contributed by atoms with Crippen LogP contribution in [0.25, 0.3) is 16.7 Å². The molecule has 0 aliphatic heterocycles. The van der Waals surface area contributed by atoms with Crippen molar-refractivity contribution in [1.82, 2.24) is 24.8 Å². The highest BCUT2D eigenvalue weighted by Crippen LogP contribution is 2.18. The monoisotopic (exact) mass is 329 g/mol. The van der Waals surface area contributed by atoms with Crippen LogP contribution >= 0.6 is 0 Å². The van der Waals surface area contributed by atoms with E-state index in [1.54, 1.807) is 0 Å². The second kappa shape index (κ2) is 6.52. The molecule has 25 heavy (non-hydrogen) atoms. The highest BCUT2D eigenvalue weighted by molar-refractivity contribution is 5.91. The number of para-hydroxylation sites is 2. The lowest BCUT2D eigenvalue weighted by atomic mass is 10.2. The molecule has 4 aromatic rings. The first-order chi connectivity index (χ1) is 12.3. The van der Waals surface area contributed by atoms with Crippen LogP contribution in [0.15, 0.2) is 73.4 Å². The van der Waals surface area contributed by atoms with E-state index in [9.17, 15) is 4.79 Å². The maximum absolute atomic E-state index is 12.0. The van der Waals surface area contributed by atoms with Crippen molar-refractivity contribution in [3.63, 3.8) is 0 Å². The number of imidazole rings is 1. The smallest absolute Gasteiger partial charge is 0.271 e. The summed E-state index contributed by atoms with van der Waals surface area (Å²) >= 11 is 0. The lowest BCUT2D eigenvalue weighted by Crippen LogP contribution is -2.23. The van der Waals surface area contributed by atoms with Gasteiger partial charge in [0.05, 0.1) is 17.2 Å². The second-order valence-corrected chi connectivity index (χ2v) is 5.54. The molecule has 0 atom stereocenters. The number of nitrogens with one attached hydrogen (secondary N) is 1. The van der Waals surface area contributed by atoms with Gasteiger partial charge >= 0.3 is 0 Å². The third kappa shape index (κ3) is 3.10. The van der Waals surface area contributed by atoms with Crippen LogP contribution in [0.3, 0.4) is 0 Å². The Bertz CT molecular complexity index is 1010. The highest BCUT2D eigenvalue weighted by Gasteiger charge is 2.07. The summed E-state index contributed by atoms with van der Waals surface area (Å²) < 4.78 is 2.04. The van der Waals surface area contributed by atoms with E-state index in [1.165, 1.54) is 18.6 Å². The summed E-state index contributed by atoms with van der Waals surface area (Å²) in [5.74, 6) is -0.238. The molecule has 2 aromatic carbocycles. The van der Waals surface area contributed by atoms with Crippen LogP contribution in [0.4, 0.5) is 0 Å². The third-order valence-corrected chi connectivity index (χ3v) is 3.92. The molecule has 0 saturated carbocycles. The second-order valence-electron chi connectivity index (χ2n) is 5.54. The normalized spacial score (nSPS) is 10.7. The number of nitrogens with zero attached hydrogens (tertiary/aromatic N) is 4. The van der Waals surface area contributed by atoms with E-state index >= 15 is 0 Å². The van der Waals surface area contributed by atoms with Crippen LogP contribution in [0.5, 0.6) is 0 Å². The van der Waals surface area contributed by atoms with E-state index in [-0.39, 0.29) is 5.91 Å². The Balaban J connectivity index is 1.48. The number of hydrogen-bond donors (Lipinski definition) is 1. The van der Waals surface area contributed by atoms with Crippen LogP contribution in [0, 0.1) is 0 Å². The van der Waals surface area contributed by atoms with E-state index in [2.05, 4.69) is 20.3 Å². The first kappa shape index (κ1) is 15.0. The molecule has 2 aromatic heterocycles.